The first-order valence-electron chi connectivity index (χ1n) is 6.73. The van der Waals surface area contributed by atoms with Gasteiger partial charge >= 0.3 is 0 Å². The van der Waals surface area contributed by atoms with Gasteiger partial charge in [0.2, 0.25) is 0 Å². The molecule has 20 heavy (non-hydrogen) atoms. The second kappa shape index (κ2) is 4.20. The highest BCUT2D eigenvalue weighted by molar-refractivity contribution is 6.12. The maximum absolute atomic E-state index is 4.11. The summed E-state index contributed by atoms with van der Waals surface area (Å²) in [6, 6.07) is 19.2. The van der Waals surface area contributed by atoms with Crippen LogP contribution < -0.4 is 0 Å². The summed E-state index contributed by atoms with van der Waals surface area (Å²) in [6.45, 7) is 0. The molecule has 0 aliphatic rings. The average Bonchev–Trinajstić information content (AvgIpc) is 2.82. The van der Waals surface area contributed by atoms with Crippen LogP contribution in [0.3, 0.4) is 0 Å². The molecule has 0 aliphatic carbocycles. The van der Waals surface area contributed by atoms with E-state index in [-0.39, 0.29) is 0 Å². The summed E-state index contributed by atoms with van der Waals surface area (Å²) in [7, 11) is 2.13. The molecule has 2 aromatic heterocycles. The number of benzene rings is 2. The fourth-order valence-electron chi connectivity index (χ4n) is 3.00. The number of nitrogens with zero attached hydrogens (tertiary/aromatic N) is 2. The second-order valence-electron chi connectivity index (χ2n) is 5.01. The smallest absolute Gasteiger partial charge is 0.0568 e. The number of pyridine rings is 1. The van der Waals surface area contributed by atoms with Gasteiger partial charge in [-0.05, 0) is 23.8 Å². The lowest BCUT2D eigenvalue weighted by Crippen LogP contribution is -1.89. The SMILES string of the molecule is Cn1c2ccccc2c2cccc(-c3ccncc3)c21. The Hall–Kier alpha value is -2.61. The zero-order valence-corrected chi connectivity index (χ0v) is 11.2. The van der Waals surface area contributed by atoms with Gasteiger partial charge in [-0.2, -0.15) is 0 Å². The monoisotopic (exact) mass is 258 g/mol. The van der Waals surface area contributed by atoms with Crippen LogP contribution in [0.25, 0.3) is 32.9 Å². The number of rotatable bonds is 1. The van der Waals surface area contributed by atoms with Crippen molar-refractivity contribution in [2.24, 2.45) is 7.05 Å². The molecule has 0 fully saturated rings. The van der Waals surface area contributed by atoms with Crippen molar-refractivity contribution in [2.75, 3.05) is 0 Å². The van der Waals surface area contributed by atoms with Crippen LogP contribution in [0.2, 0.25) is 0 Å². The molecule has 96 valence electrons. The molecule has 0 bridgehead atoms. The molecule has 2 heteroatoms. The third-order valence-electron chi connectivity index (χ3n) is 3.92. The Morgan fingerprint density at radius 1 is 0.800 bits per heavy atom. The van der Waals surface area contributed by atoms with E-state index in [1.165, 1.54) is 32.9 Å². The van der Waals surface area contributed by atoms with E-state index in [1.807, 2.05) is 12.4 Å². The number of hydrogen-bond acceptors (Lipinski definition) is 1. The molecule has 0 aliphatic heterocycles. The predicted octanol–water partition coefficient (Wildman–Crippen LogP) is 4.39. The van der Waals surface area contributed by atoms with E-state index in [9.17, 15) is 0 Å². The third kappa shape index (κ3) is 1.48. The van der Waals surface area contributed by atoms with E-state index < -0.39 is 0 Å². The Labute approximate surface area is 117 Å². The van der Waals surface area contributed by atoms with Gasteiger partial charge in [-0.3, -0.25) is 4.98 Å². The predicted molar refractivity (Wildman–Crippen MR) is 83.7 cm³/mol. The first-order valence-corrected chi connectivity index (χ1v) is 6.73. The molecule has 0 radical (unpaired) electrons. The molecule has 0 spiro atoms. The summed E-state index contributed by atoms with van der Waals surface area (Å²) in [5.74, 6) is 0. The van der Waals surface area contributed by atoms with Gasteiger partial charge in [0, 0.05) is 41.3 Å². The molecular weight excluding hydrogens is 244 g/mol. The molecule has 4 rings (SSSR count). The normalized spacial score (nSPS) is 11.2. The number of aromatic nitrogens is 2. The topological polar surface area (TPSA) is 17.8 Å². The Morgan fingerprint density at radius 2 is 1.55 bits per heavy atom. The van der Waals surface area contributed by atoms with Crippen LogP contribution >= 0.6 is 0 Å². The van der Waals surface area contributed by atoms with Crippen LogP contribution in [0.1, 0.15) is 0 Å². The molecule has 0 saturated carbocycles. The maximum Gasteiger partial charge on any atom is 0.0568 e. The van der Waals surface area contributed by atoms with Crippen molar-refractivity contribution in [1.82, 2.24) is 9.55 Å². The molecule has 0 saturated heterocycles. The number of hydrogen-bond donors (Lipinski definition) is 0. The van der Waals surface area contributed by atoms with Crippen molar-refractivity contribution in [2.45, 2.75) is 0 Å². The second-order valence-corrected chi connectivity index (χ2v) is 5.01. The van der Waals surface area contributed by atoms with Crippen molar-refractivity contribution in [1.29, 1.82) is 0 Å². The van der Waals surface area contributed by atoms with Crippen molar-refractivity contribution in [3.05, 3.63) is 67.0 Å². The fraction of sp³-hybridized carbons (Fsp3) is 0.0556. The van der Waals surface area contributed by atoms with Crippen LogP contribution in [0.15, 0.2) is 67.0 Å². The number of para-hydroxylation sites is 2. The van der Waals surface area contributed by atoms with Gasteiger partial charge in [-0.15, -0.1) is 0 Å². The Bertz CT molecular complexity index is 905. The van der Waals surface area contributed by atoms with Crippen LogP contribution in [0.5, 0.6) is 0 Å². The van der Waals surface area contributed by atoms with Crippen LogP contribution in [0, 0.1) is 0 Å². The summed E-state index contributed by atoms with van der Waals surface area (Å²) in [5.41, 5.74) is 5.00. The first kappa shape index (κ1) is 11.2. The summed E-state index contributed by atoms with van der Waals surface area (Å²) in [4.78, 5) is 4.11. The Balaban J connectivity index is 2.19. The van der Waals surface area contributed by atoms with Crippen molar-refractivity contribution in [3.8, 4) is 11.1 Å². The van der Waals surface area contributed by atoms with Crippen LogP contribution in [0.4, 0.5) is 0 Å². The van der Waals surface area contributed by atoms with Gasteiger partial charge in [0.05, 0.1) is 5.52 Å². The zero-order chi connectivity index (χ0) is 13.5. The Morgan fingerprint density at radius 3 is 2.40 bits per heavy atom. The minimum atomic E-state index is 1.21. The maximum atomic E-state index is 4.11. The highest BCUT2D eigenvalue weighted by Crippen LogP contribution is 2.34. The lowest BCUT2D eigenvalue weighted by Gasteiger charge is -2.06. The van der Waals surface area contributed by atoms with Crippen molar-refractivity contribution >= 4 is 21.8 Å². The summed E-state index contributed by atoms with van der Waals surface area (Å²) < 4.78 is 2.28. The molecule has 2 heterocycles. The fourth-order valence-corrected chi connectivity index (χ4v) is 3.00. The average molecular weight is 258 g/mol. The van der Waals surface area contributed by atoms with Gasteiger partial charge < -0.3 is 4.57 Å². The summed E-state index contributed by atoms with van der Waals surface area (Å²) >= 11 is 0. The van der Waals surface area contributed by atoms with Crippen molar-refractivity contribution in [3.63, 3.8) is 0 Å². The molecule has 4 aromatic rings. The van der Waals surface area contributed by atoms with E-state index >= 15 is 0 Å². The summed E-state index contributed by atoms with van der Waals surface area (Å²) in [5, 5.41) is 2.61. The lowest BCUT2D eigenvalue weighted by atomic mass is 10.0. The van der Waals surface area contributed by atoms with E-state index in [0.29, 0.717) is 0 Å². The van der Waals surface area contributed by atoms with Crippen LogP contribution in [-0.4, -0.2) is 9.55 Å². The minimum Gasteiger partial charge on any atom is -0.343 e. The largest absolute Gasteiger partial charge is 0.343 e. The van der Waals surface area contributed by atoms with Gasteiger partial charge in [0.15, 0.2) is 0 Å². The molecule has 2 nitrogen and oxygen atoms in total. The van der Waals surface area contributed by atoms with Gasteiger partial charge in [0.1, 0.15) is 0 Å². The van der Waals surface area contributed by atoms with E-state index in [2.05, 4.69) is 71.2 Å². The standard InChI is InChI=1S/C18H14N2/c1-20-17-8-3-2-5-15(17)16-7-4-6-14(18(16)20)13-9-11-19-12-10-13/h2-12H,1H3. The van der Waals surface area contributed by atoms with Crippen molar-refractivity contribution < 1.29 is 0 Å². The van der Waals surface area contributed by atoms with E-state index in [0.717, 1.165) is 0 Å². The highest BCUT2D eigenvalue weighted by atomic mass is 14.9. The van der Waals surface area contributed by atoms with Gasteiger partial charge in [-0.25, -0.2) is 0 Å². The van der Waals surface area contributed by atoms with E-state index in [1.54, 1.807) is 0 Å². The number of aryl methyl sites for hydroxylation is 1. The third-order valence-corrected chi connectivity index (χ3v) is 3.92. The van der Waals surface area contributed by atoms with Gasteiger partial charge in [0.25, 0.3) is 0 Å². The molecular formula is C18H14N2. The Kier molecular flexibility index (Phi) is 2.36. The molecule has 0 N–H and O–H groups in total. The molecule has 2 aromatic carbocycles. The number of fused-ring (bicyclic) bond motifs is 3. The highest BCUT2D eigenvalue weighted by Gasteiger charge is 2.11. The zero-order valence-electron chi connectivity index (χ0n) is 11.2. The van der Waals surface area contributed by atoms with Gasteiger partial charge in [-0.1, -0.05) is 36.4 Å². The molecule has 0 atom stereocenters. The first-order chi connectivity index (χ1) is 9.86. The van der Waals surface area contributed by atoms with Crippen LogP contribution in [-0.2, 0) is 7.05 Å². The lowest BCUT2D eigenvalue weighted by molar-refractivity contribution is 1.01. The minimum absolute atomic E-state index is 1.21. The molecule has 0 unspecified atom stereocenters. The summed E-state index contributed by atoms with van der Waals surface area (Å²) in [6.07, 6.45) is 3.69. The van der Waals surface area contributed by atoms with E-state index in [4.69, 9.17) is 0 Å². The molecule has 0 amide bonds. The quantitative estimate of drug-likeness (QED) is 0.495.